The number of azide groups is 1. The maximum Gasteiger partial charge on any atom is 0.306 e. The number of aliphatic hydroxyl groups excluding tert-OH is 1. The highest BCUT2D eigenvalue weighted by Gasteiger charge is 2.54. The van der Waals surface area contributed by atoms with Gasteiger partial charge in [0.2, 0.25) is 5.90 Å². The van der Waals surface area contributed by atoms with Crippen molar-refractivity contribution in [1.82, 2.24) is 10.9 Å². The zero-order valence-electron chi connectivity index (χ0n) is 27.6. The molecule has 260 valence electrons. The minimum atomic E-state index is -1.73. The van der Waals surface area contributed by atoms with Gasteiger partial charge in [0.1, 0.15) is 23.0 Å². The van der Waals surface area contributed by atoms with E-state index in [1.165, 1.54) is 12.1 Å². The van der Waals surface area contributed by atoms with E-state index in [0.717, 1.165) is 6.07 Å². The zero-order valence-corrected chi connectivity index (χ0v) is 27.6. The Balaban J connectivity index is 1.71. The number of aliphatic imine (C=N–C) groups is 1. The average Bonchev–Trinajstić information content (AvgIpc) is 3.45. The van der Waals surface area contributed by atoms with E-state index in [4.69, 9.17) is 29.8 Å². The molecular weight excluding hydrogens is 638 g/mol. The fraction of sp³-hybridized carbons (Fsp3) is 0.400. The predicted octanol–water partition coefficient (Wildman–Crippen LogP) is 5.78. The van der Waals surface area contributed by atoms with Gasteiger partial charge in [0, 0.05) is 42.5 Å². The Kier molecular flexibility index (Phi) is 12.7. The van der Waals surface area contributed by atoms with Gasteiger partial charge in [-0.15, -0.1) is 0 Å². The highest BCUT2D eigenvalue weighted by Crippen LogP contribution is 2.44. The molecule has 49 heavy (non-hydrogen) atoms. The molecule has 0 aliphatic carbocycles. The molecule has 12 nitrogen and oxygen atoms in total. The van der Waals surface area contributed by atoms with Gasteiger partial charge in [0.25, 0.3) is 5.91 Å². The summed E-state index contributed by atoms with van der Waals surface area (Å²) >= 11 is 0. The minimum absolute atomic E-state index is 0.00305. The number of esters is 1. The lowest BCUT2D eigenvalue weighted by molar-refractivity contribution is -0.155. The van der Waals surface area contributed by atoms with Crippen LogP contribution in [0.4, 0.5) is 8.78 Å². The first kappa shape index (κ1) is 36.8. The number of ether oxygens (including phenoxy) is 3. The lowest BCUT2D eigenvalue weighted by Crippen LogP contribution is -2.53. The number of hydrazine groups is 1. The molecule has 0 aromatic heterocycles. The second-order valence-electron chi connectivity index (χ2n) is 12.4. The number of amides is 1. The van der Waals surface area contributed by atoms with Crippen molar-refractivity contribution in [3.05, 3.63) is 111 Å². The number of hydrogen-bond acceptors (Lipinski definition) is 9. The van der Waals surface area contributed by atoms with Crippen molar-refractivity contribution in [2.24, 2.45) is 10.1 Å². The number of halogens is 2. The lowest BCUT2D eigenvalue weighted by atomic mass is 9.82. The monoisotopic (exact) mass is 678 g/mol. The molecule has 3 aromatic rings. The highest BCUT2D eigenvalue weighted by molar-refractivity contribution is 6.01. The summed E-state index contributed by atoms with van der Waals surface area (Å²) in [6, 6.07) is 17.0. The van der Waals surface area contributed by atoms with Crippen LogP contribution in [-0.4, -0.2) is 53.8 Å². The van der Waals surface area contributed by atoms with Gasteiger partial charge in [-0.05, 0) is 92.2 Å². The summed E-state index contributed by atoms with van der Waals surface area (Å²) in [5.74, 6) is -1.92. The summed E-state index contributed by atoms with van der Waals surface area (Å²) in [5, 5.41) is 12.8. The number of carbonyl (C=O) groups is 2. The van der Waals surface area contributed by atoms with Gasteiger partial charge < -0.3 is 19.3 Å². The molecule has 0 fully saturated rings. The maximum atomic E-state index is 14.3. The molecule has 0 spiro atoms. The number of aliphatic hydroxyl groups is 1. The average molecular weight is 679 g/mol. The standard InChI is InChI=1S/C35H40F2N6O6/c1-34(2,3)49-30(45)13-15-35(33(46)42-39-16-14-23-19-26(36)21-27(37)20-23)31(29-8-5-4-7-25(29)22-40-43-38)48-32(41-35)24-9-11-28(12-10-24)47-18-6-17-44/h4-5,7-12,19-21,31,39,44H,6,13-18,22H2,1-3H3,(H,42,46)/t31-,35-/m0/s1. The summed E-state index contributed by atoms with van der Waals surface area (Å²) in [6.45, 7) is 5.62. The van der Waals surface area contributed by atoms with Crippen LogP contribution < -0.4 is 15.6 Å². The number of rotatable bonds is 16. The lowest BCUT2D eigenvalue weighted by Gasteiger charge is -2.31. The van der Waals surface area contributed by atoms with Gasteiger partial charge in [0.05, 0.1) is 13.2 Å². The Labute approximate surface area is 283 Å². The molecule has 4 rings (SSSR count). The largest absolute Gasteiger partial charge is 0.494 e. The molecule has 0 saturated carbocycles. The predicted molar refractivity (Wildman–Crippen MR) is 177 cm³/mol. The van der Waals surface area contributed by atoms with Crippen LogP contribution in [0, 0.1) is 11.6 Å². The first-order valence-corrected chi connectivity index (χ1v) is 15.8. The summed E-state index contributed by atoms with van der Waals surface area (Å²) < 4.78 is 45.1. The molecule has 1 aliphatic rings. The van der Waals surface area contributed by atoms with Crippen LogP contribution in [0.15, 0.2) is 76.8 Å². The molecule has 3 N–H and O–H groups in total. The van der Waals surface area contributed by atoms with Crippen LogP contribution in [-0.2, 0) is 32.0 Å². The van der Waals surface area contributed by atoms with E-state index in [0.29, 0.717) is 41.0 Å². The van der Waals surface area contributed by atoms with E-state index in [1.807, 2.05) is 0 Å². The van der Waals surface area contributed by atoms with Crippen molar-refractivity contribution < 1.29 is 37.7 Å². The van der Waals surface area contributed by atoms with E-state index in [1.54, 1.807) is 69.3 Å². The van der Waals surface area contributed by atoms with E-state index >= 15 is 0 Å². The summed E-state index contributed by atoms with van der Waals surface area (Å²) in [6.07, 6.45) is -0.737. The third kappa shape index (κ3) is 10.2. The Hall–Kier alpha value is -5.04. The molecule has 1 heterocycles. The van der Waals surface area contributed by atoms with Crippen molar-refractivity contribution in [3.8, 4) is 5.75 Å². The van der Waals surface area contributed by atoms with Crippen molar-refractivity contribution in [2.75, 3.05) is 19.8 Å². The van der Waals surface area contributed by atoms with Crippen molar-refractivity contribution in [2.45, 2.75) is 70.2 Å². The van der Waals surface area contributed by atoms with Crippen molar-refractivity contribution >= 4 is 17.8 Å². The van der Waals surface area contributed by atoms with Crippen LogP contribution >= 0.6 is 0 Å². The number of hydrogen-bond donors (Lipinski definition) is 3. The fourth-order valence-electron chi connectivity index (χ4n) is 5.29. The molecule has 14 heteroatoms. The van der Waals surface area contributed by atoms with Gasteiger partial charge in [-0.25, -0.2) is 19.2 Å². The molecule has 2 atom stereocenters. The second-order valence-corrected chi connectivity index (χ2v) is 12.4. The summed E-state index contributed by atoms with van der Waals surface area (Å²) in [5.41, 5.74) is 14.1. The normalized spacial score (nSPS) is 17.0. The van der Waals surface area contributed by atoms with Gasteiger partial charge in [0.15, 0.2) is 11.6 Å². The molecular formula is C35H40F2N6O6. The summed E-state index contributed by atoms with van der Waals surface area (Å²) in [4.78, 5) is 35.1. The van der Waals surface area contributed by atoms with Gasteiger partial charge in [-0.2, -0.15) is 0 Å². The zero-order chi connectivity index (χ0) is 35.4. The van der Waals surface area contributed by atoms with Crippen LogP contribution in [0.25, 0.3) is 10.4 Å². The number of carbonyl (C=O) groups excluding carboxylic acids is 2. The third-order valence-corrected chi connectivity index (χ3v) is 7.47. The minimum Gasteiger partial charge on any atom is -0.494 e. The number of nitrogens with one attached hydrogen (secondary N) is 2. The second kappa shape index (κ2) is 16.9. The van der Waals surface area contributed by atoms with Crippen LogP contribution in [0.3, 0.4) is 0 Å². The van der Waals surface area contributed by atoms with Crippen molar-refractivity contribution in [1.29, 1.82) is 0 Å². The SMILES string of the molecule is CC(C)(C)OC(=O)CC[C@]1(C(=O)NNCCc2cc(F)cc(F)c2)N=C(c2ccc(OCCCO)cc2)O[C@H]1c1ccccc1CN=[N+]=[N-]. The van der Waals surface area contributed by atoms with E-state index < -0.39 is 40.8 Å². The smallest absolute Gasteiger partial charge is 0.306 e. The first-order chi connectivity index (χ1) is 23.4. The Morgan fingerprint density at radius 1 is 1.10 bits per heavy atom. The molecule has 0 unspecified atom stereocenters. The Bertz CT molecular complexity index is 1670. The summed E-state index contributed by atoms with van der Waals surface area (Å²) in [7, 11) is 0. The molecule has 1 aliphatic heterocycles. The molecule has 3 aromatic carbocycles. The molecule has 0 saturated heterocycles. The topological polar surface area (TPSA) is 167 Å². The van der Waals surface area contributed by atoms with E-state index in [2.05, 4.69) is 20.9 Å². The quantitative estimate of drug-likeness (QED) is 0.0431. The highest BCUT2D eigenvalue weighted by atomic mass is 19.1. The Morgan fingerprint density at radius 3 is 2.49 bits per heavy atom. The first-order valence-electron chi connectivity index (χ1n) is 15.8. The molecule has 0 bridgehead atoms. The van der Waals surface area contributed by atoms with Gasteiger partial charge >= 0.3 is 5.97 Å². The Morgan fingerprint density at radius 2 is 1.82 bits per heavy atom. The molecule has 0 radical (unpaired) electrons. The van der Waals surface area contributed by atoms with E-state index in [-0.39, 0.29) is 44.9 Å². The van der Waals surface area contributed by atoms with Crippen LogP contribution in [0.1, 0.15) is 68.4 Å². The van der Waals surface area contributed by atoms with E-state index in [9.17, 15) is 18.4 Å². The number of benzene rings is 3. The fourth-order valence-corrected chi connectivity index (χ4v) is 5.29. The molecule has 1 amide bonds. The maximum absolute atomic E-state index is 14.3. The number of nitrogens with zero attached hydrogens (tertiary/aromatic N) is 4. The van der Waals surface area contributed by atoms with Gasteiger partial charge in [-0.1, -0.05) is 29.4 Å². The van der Waals surface area contributed by atoms with Crippen LogP contribution in [0.5, 0.6) is 5.75 Å². The van der Waals surface area contributed by atoms with Crippen LogP contribution in [0.2, 0.25) is 0 Å². The van der Waals surface area contributed by atoms with Crippen molar-refractivity contribution in [3.63, 3.8) is 0 Å². The third-order valence-electron chi connectivity index (χ3n) is 7.47. The van der Waals surface area contributed by atoms with Gasteiger partial charge in [-0.3, -0.25) is 15.0 Å².